The van der Waals surface area contributed by atoms with E-state index >= 15 is 0 Å². The molecule has 4 amide bonds. The van der Waals surface area contributed by atoms with Crippen LogP contribution in [0.1, 0.15) is 70.3 Å². The molecule has 0 aliphatic rings. The smallest absolute Gasteiger partial charge is 0.258 e. The molecular weight excluding hydrogens is 942 g/mol. The summed E-state index contributed by atoms with van der Waals surface area (Å²) >= 11 is 31.1. The summed E-state index contributed by atoms with van der Waals surface area (Å²) < 4.78 is 5.49. The van der Waals surface area contributed by atoms with Crippen molar-refractivity contribution < 1.29 is 33.5 Å². The summed E-state index contributed by atoms with van der Waals surface area (Å²) in [5.41, 5.74) is 2.91. The van der Waals surface area contributed by atoms with E-state index in [4.69, 9.17) is 62.7 Å². The summed E-state index contributed by atoms with van der Waals surface area (Å²) in [6, 6.07) is 22.9. The molecule has 5 aromatic carbocycles. The van der Waals surface area contributed by atoms with Gasteiger partial charge in [-0.2, -0.15) is 20.5 Å². The van der Waals surface area contributed by atoms with Crippen molar-refractivity contribution in [3.63, 3.8) is 0 Å². The summed E-state index contributed by atoms with van der Waals surface area (Å²) in [7, 11) is 0. The molecule has 4 atom stereocenters. The normalized spacial score (nSPS) is 13.1. The molecule has 5 rings (SSSR count). The highest BCUT2D eigenvalue weighted by atomic mass is 35.5. The molecule has 0 aliphatic heterocycles. The quantitative estimate of drug-likeness (QED) is 0.0379. The number of ketones is 2. The summed E-state index contributed by atoms with van der Waals surface area (Å²) in [4.78, 5) is 78.4. The topological polar surface area (TPSA) is 209 Å². The number of Topliss-reactive ketones (excluding diaryl/α,β-unsaturated/α-hetero) is 2. The Labute approximate surface area is 398 Å². The number of hydrogen-bond donors (Lipinski definition) is 4. The van der Waals surface area contributed by atoms with Gasteiger partial charge in [-0.3, -0.25) is 28.8 Å². The van der Waals surface area contributed by atoms with Gasteiger partial charge in [0.2, 0.25) is 12.1 Å². The van der Waals surface area contributed by atoms with Crippen LogP contribution in [0.3, 0.4) is 0 Å². The summed E-state index contributed by atoms with van der Waals surface area (Å²) in [6.07, 6.45) is 0. The summed E-state index contributed by atoms with van der Waals surface area (Å²) in [5.74, 6) is -4.19. The third-order valence-electron chi connectivity index (χ3n) is 9.24. The van der Waals surface area contributed by atoms with Crippen molar-refractivity contribution in [3.8, 4) is 5.75 Å². The Bertz CT molecular complexity index is 2700. The number of anilines is 4. The van der Waals surface area contributed by atoms with Crippen molar-refractivity contribution in [1.29, 1.82) is 0 Å². The standard InChI is InChI=1S/C45H39Cl5N8O7/c1-23(47)30-9-5-7-11-34(30)52-42(61)27-13-16-32(49)37(19-27)55-57-40(25(3)59)44(63)51-29-15-18-36(39(21-29)65-22-46)54-45(64)41(26(4)60)58-56-38-20-28(14-17-33(38)50)43(62)53-35-12-8-6-10-31(35)24(2)48/h5-21,23-24,40-41H,22H2,1-4H3,(H,51,63)(H,52,61)(H,53,62)(H,54,64). The zero-order chi connectivity index (χ0) is 47.4. The monoisotopic (exact) mass is 978 g/mol. The zero-order valence-electron chi connectivity index (χ0n) is 34.9. The number of para-hydroxylation sites is 2. The van der Waals surface area contributed by atoms with E-state index in [9.17, 15) is 28.8 Å². The molecule has 0 fully saturated rings. The number of rotatable bonds is 18. The van der Waals surface area contributed by atoms with Crippen LogP contribution in [0, 0.1) is 0 Å². The van der Waals surface area contributed by atoms with Gasteiger partial charge >= 0.3 is 0 Å². The number of carbonyl (C=O) groups excluding carboxylic acids is 6. The highest BCUT2D eigenvalue weighted by Crippen LogP contribution is 2.33. The molecule has 4 N–H and O–H groups in total. The van der Waals surface area contributed by atoms with Gasteiger partial charge in [0.05, 0.1) is 26.5 Å². The van der Waals surface area contributed by atoms with Crippen LogP contribution in [-0.2, 0) is 19.2 Å². The first-order valence-corrected chi connectivity index (χ1v) is 21.6. The van der Waals surface area contributed by atoms with E-state index in [1.807, 2.05) is 0 Å². The lowest BCUT2D eigenvalue weighted by molar-refractivity contribution is -0.127. The fourth-order valence-electron chi connectivity index (χ4n) is 5.94. The number of hydrogen-bond acceptors (Lipinski definition) is 11. The van der Waals surface area contributed by atoms with Crippen LogP contribution in [0.5, 0.6) is 5.75 Å². The molecule has 5 aromatic rings. The Kier molecular flexibility index (Phi) is 17.7. The molecule has 15 nitrogen and oxygen atoms in total. The Morgan fingerprint density at radius 1 is 0.569 bits per heavy atom. The van der Waals surface area contributed by atoms with Gasteiger partial charge in [-0.25, -0.2) is 0 Å². The van der Waals surface area contributed by atoms with Crippen LogP contribution in [0.15, 0.2) is 124 Å². The maximum atomic E-state index is 13.5. The molecule has 0 saturated heterocycles. The van der Waals surface area contributed by atoms with Gasteiger partial charge in [-0.15, -0.1) is 23.2 Å². The fourth-order valence-corrected chi connectivity index (χ4v) is 6.74. The Morgan fingerprint density at radius 3 is 1.45 bits per heavy atom. The molecule has 0 saturated carbocycles. The van der Waals surface area contributed by atoms with Crippen molar-refractivity contribution >= 4 is 127 Å². The van der Waals surface area contributed by atoms with E-state index in [1.54, 1.807) is 62.4 Å². The highest BCUT2D eigenvalue weighted by Gasteiger charge is 2.27. The van der Waals surface area contributed by atoms with Gasteiger partial charge in [0.25, 0.3) is 23.6 Å². The first-order valence-electron chi connectivity index (χ1n) is 19.4. The zero-order valence-corrected chi connectivity index (χ0v) is 38.6. The molecule has 20 heteroatoms. The summed E-state index contributed by atoms with van der Waals surface area (Å²) in [6.45, 7) is 5.82. The number of azo groups is 2. The van der Waals surface area contributed by atoms with Crippen LogP contribution in [0.25, 0.3) is 0 Å². The predicted molar refractivity (Wildman–Crippen MR) is 253 cm³/mol. The van der Waals surface area contributed by atoms with Crippen LogP contribution < -0.4 is 26.0 Å². The average Bonchev–Trinajstić information content (AvgIpc) is 3.25. The van der Waals surface area contributed by atoms with Gasteiger partial charge in [0, 0.05) is 34.3 Å². The number of nitrogens with zero attached hydrogens (tertiary/aromatic N) is 4. The minimum absolute atomic E-state index is 0.00564. The third-order valence-corrected chi connectivity index (χ3v) is 10.5. The van der Waals surface area contributed by atoms with Crippen molar-refractivity contribution in [2.75, 3.05) is 27.3 Å². The Morgan fingerprint density at radius 2 is 1.02 bits per heavy atom. The van der Waals surface area contributed by atoms with E-state index < -0.39 is 53.3 Å². The van der Waals surface area contributed by atoms with Crippen LogP contribution in [-0.4, -0.2) is 53.3 Å². The second-order valence-corrected chi connectivity index (χ2v) is 16.4. The molecule has 65 heavy (non-hydrogen) atoms. The van der Waals surface area contributed by atoms with E-state index in [2.05, 4.69) is 41.7 Å². The number of alkyl halides is 3. The number of amides is 4. The SMILES string of the molecule is CC(=O)C(N=Nc1cc(C(=O)Nc2ccccc2C(C)Cl)ccc1Cl)C(=O)Nc1ccc(NC(=O)C(N=Nc2cc(C(=O)Nc3ccccc3C(C)Cl)ccc2Cl)C(C)=O)c(OCCl)c1. The van der Waals surface area contributed by atoms with E-state index in [0.717, 1.165) is 13.8 Å². The molecule has 0 aliphatic carbocycles. The molecule has 4 unspecified atom stereocenters. The Balaban J connectivity index is 1.28. The number of halogens is 5. The number of ether oxygens (including phenoxy) is 1. The molecule has 0 bridgehead atoms. The third kappa shape index (κ3) is 13.4. The first-order chi connectivity index (χ1) is 31.0. The second kappa shape index (κ2) is 23.1. The highest BCUT2D eigenvalue weighted by molar-refractivity contribution is 6.33. The minimum atomic E-state index is -1.68. The summed E-state index contributed by atoms with van der Waals surface area (Å²) in [5, 5.41) is 26.1. The maximum Gasteiger partial charge on any atom is 0.258 e. The largest absolute Gasteiger partial charge is 0.476 e. The van der Waals surface area contributed by atoms with Gasteiger partial charge < -0.3 is 26.0 Å². The lowest BCUT2D eigenvalue weighted by Gasteiger charge is -2.15. The molecule has 0 heterocycles. The van der Waals surface area contributed by atoms with Crippen LogP contribution >= 0.6 is 58.0 Å². The molecular formula is C45H39Cl5N8O7. The van der Waals surface area contributed by atoms with Gasteiger partial charge in [0.15, 0.2) is 17.6 Å². The molecule has 0 radical (unpaired) electrons. The molecule has 0 aromatic heterocycles. The van der Waals surface area contributed by atoms with Crippen molar-refractivity contribution in [2.45, 2.75) is 50.5 Å². The number of nitrogens with one attached hydrogen (secondary N) is 4. The second-order valence-electron chi connectivity index (χ2n) is 14.0. The minimum Gasteiger partial charge on any atom is -0.476 e. The van der Waals surface area contributed by atoms with E-state index in [0.29, 0.717) is 22.5 Å². The average molecular weight is 981 g/mol. The molecule has 336 valence electrons. The number of carbonyl (C=O) groups is 6. The van der Waals surface area contributed by atoms with Gasteiger partial charge in [-0.05, 0) is 99.5 Å². The Hall–Kier alpha value is -6.23. The maximum absolute atomic E-state index is 13.5. The fraction of sp³-hybridized carbons (Fsp3) is 0.200. The molecule has 0 spiro atoms. The van der Waals surface area contributed by atoms with Crippen LogP contribution in [0.4, 0.5) is 34.1 Å². The van der Waals surface area contributed by atoms with E-state index in [-0.39, 0.29) is 60.4 Å². The van der Waals surface area contributed by atoms with Gasteiger partial charge in [-0.1, -0.05) is 71.2 Å². The predicted octanol–water partition coefficient (Wildman–Crippen LogP) is 12.0. The first kappa shape index (κ1) is 49.8. The lowest BCUT2D eigenvalue weighted by atomic mass is 10.1. The van der Waals surface area contributed by atoms with E-state index in [1.165, 1.54) is 54.6 Å². The number of benzene rings is 5. The van der Waals surface area contributed by atoms with Gasteiger partial charge in [0.1, 0.15) is 17.1 Å². The van der Waals surface area contributed by atoms with Crippen LogP contribution in [0.2, 0.25) is 10.0 Å². The van der Waals surface area contributed by atoms with Crippen molar-refractivity contribution in [3.05, 3.63) is 135 Å². The van der Waals surface area contributed by atoms with Crippen molar-refractivity contribution in [2.24, 2.45) is 20.5 Å². The lowest BCUT2D eigenvalue weighted by Crippen LogP contribution is -2.32. The van der Waals surface area contributed by atoms with Crippen molar-refractivity contribution in [1.82, 2.24) is 0 Å².